The molecule has 4 nitrogen and oxygen atoms in total. The van der Waals surface area contributed by atoms with Crippen LogP contribution in [0.15, 0.2) is 24.3 Å². The van der Waals surface area contributed by atoms with E-state index in [0.29, 0.717) is 24.2 Å². The molecule has 1 saturated heterocycles. The number of carbonyl (C=O) groups excluding carboxylic acids is 1. The normalized spacial score (nSPS) is 25.1. The predicted octanol–water partition coefficient (Wildman–Crippen LogP) is 2.69. The summed E-state index contributed by atoms with van der Waals surface area (Å²) in [4.78, 5) is 12.3. The molecule has 3 unspecified atom stereocenters. The molecular weight excluding hydrogens is 288 g/mol. The van der Waals surface area contributed by atoms with Gasteiger partial charge in [-0.15, -0.1) is 0 Å². The van der Waals surface area contributed by atoms with Crippen molar-refractivity contribution in [3.8, 4) is 5.75 Å². The summed E-state index contributed by atoms with van der Waals surface area (Å²) in [6.07, 6.45) is 4.08. The molecule has 0 bridgehead atoms. The number of carbonyl (C=O) groups is 1. The van der Waals surface area contributed by atoms with Gasteiger partial charge < -0.3 is 15.4 Å². The second kappa shape index (κ2) is 7.82. The number of para-hydroxylation sites is 1. The number of fused-ring (bicyclic) bond motifs is 1. The Hall–Kier alpha value is -1.55. The lowest BCUT2D eigenvalue weighted by Gasteiger charge is -2.29. The second-order valence-corrected chi connectivity index (χ2v) is 6.96. The third kappa shape index (κ3) is 4.25. The van der Waals surface area contributed by atoms with E-state index in [4.69, 9.17) is 4.74 Å². The van der Waals surface area contributed by atoms with Crippen LogP contribution in [0, 0.1) is 11.8 Å². The zero-order valence-electron chi connectivity index (χ0n) is 14.0. The van der Waals surface area contributed by atoms with Crippen molar-refractivity contribution in [1.29, 1.82) is 0 Å². The van der Waals surface area contributed by atoms with Crippen molar-refractivity contribution in [1.82, 2.24) is 10.6 Å². The minimum atomic E-state index is 0.187. The van der Waals surface area contributed by atoms with Gasteiger partial charge in [0.2, 0.25) is 5.91 Å². The lowest BCUT2D eigenvalue weighted by molar-refractivity contribution is -0.122. The van der Waals surface area contributed by atoms with Crippen LogP contribution in [0.1, 0.15) is 44.1 Å². The van der Waals surface area contributed by atoms with E-state index in [1.807, 2.05) is 18.2 Å². The number of hydrogen-bond donors (Lipinski definition) is 2. The summed E-state index contributed by atoms with van der Waals surface area (Å²) in [6.45, 7) is 5.85. The van der Waals surface area contributed by atoms with E-state index >= 15 is 0 Å². The van der Waals surface area contributed by atoms with E-state index < -0.39 is 0 Å². The summed E-state index contributed by atoms with van der Waals surface area (Å²) < 4.78 is 5.68. The minimum Gasteiger partial charge on any atom is -0.493 e. The summed E-state index contributed by atoms with van der Waals surface area (Å²) in [5, 5.41) is 6.59. The molecule has 0 saturated carbocycles. The molecule has 3 atom stereocenters. The molecule has 0 radical (unpaired) electrons. The monoisotopic (exact) mass is 316 g/mol. The molecule has 2 aliphatic heterocycles. The number of amides is 1. The molecule has 0 aromatic heterocycles. The highest BCUT2D eigenvalue weighted by atomic mass is 16.5. The standard InChI is InChI=1S/C19H28N2O2/c1-14(15-5-4-9-20-12-15)11-19(22)21-13-16-8-10-23-18-7-3-2-6-17(16)18/h2-3,6-7,14-16,20H,4-5,8-13H2,1H3,(H,21,22). The molecular formula is C19H28N2O2. The van der Waals surface area contributed by atoms with E-state index in [0.717, 1.165) is 38.4 Å². The van der Waals surface area contributed by atoms with Crippen LogP contribution in [0.2, 0.25) is 0 Å². The van der Waals surface area contributed by atoms with Crippen LogP contribution in [0.4, 0.5) is 0 Å². The first-order chi connectivity index (χ1) is 11.2. The van der Waals surface area contributed by atoms with Gasteiger partial charge in [0, 0.05) is 18.9 Å². The molecule has 1 aromatic rings. The zero-order valence-corrected chi connectivity index (χ0v) is 14.0. The van der Waals surface area contributed by atoms with Gasteiger partial charge in [-0.3, -0.25) is 4.79 Å². The maximum absolute atomic E-state index is 12.3. The maximum atomic E-state index is 12.3. The summed E-state index contributed by atoms with van der Waals surface area (Å²) >= 11 is 0. The SMILES string of the molecule is CC(CC(=O)NCC1CCOc2ccccc21)C1CCCNC1. The topological polar surface area (TPSA) is 50.4 Å². The summed E-state index contributed by atoms with van der Waals surface area (Å²) in [5.74, 6) is 2.62. The number of benzene rings is 1. The van der Waals surface area contributed by atoms with E-state index in [-0.39, 0.29) is 5.91 Å². The lowest BCUT2D eigenvalue weighted by Crippen LogP contribution is -2.36. The average Bonchev–Trinajstić information content (AvgIpc) is 2.60. The summed E-state index contributed by atoms with van der Waals surface area (Å²) in [7, 11) is 0. The molecule has 2 aliphatic rings. The minimum absolute atomic E-state index is 0.187. The Morgan fingerprint density at radius 2 is 2.26 bits per heavy atom. The van der Waals surface area contributed by atoms with Crippen molar-refractivity contribution >= 4 is 5.91 Å². The van der Waals surface area contributed by atoms with Crippen LogP contribution in [-0.4, -0.2) is 32.1 Å². The highest BCUT2D eigenvalue weighted by Crippen LogP contribution is 2.32. The molecule has 23 heavy (non-hydrogen) atoms. The van der Waals surface area contributed by atoms with Gasteiger partial charge in [-0.25, -0.2) is 0 Å². The first-order valence-corrected chi connectivity index (χ1v) is 8.93. The fraction of sp³-hybridized carbons (Fsp3) is 0.632. The van der Waals surface area contributed by atoms with Gasteiger partial charge >= 0.3 is 0 Å². The van der Waals surface area contributed by atoms with Crippen molar-refractivity contribution in [3.63, 3.8) is 0 Å². The molecule has 1 aromatic carbocycles. The first kappa shape index (κ1) is 16.3. The van der Waals surface area contributed by atoms with Gasteiger partial charge in [0.15, 0.2) is 0 Å². The lowest BCUT2D eigenvalue weighted by atomic mass is 9.85. The van der Waals surface area contributed by atoms with Gasteiger partial charge in [-0.1, -0.05) is 25.1 Å². The van der Waals surface area contributed by atoms with Gasteiger partial charge in [0.1, 0.15) is 5.75 Å². The smallest absolute Gasteiger partial charge is 0.220 e. The van der Waals surface area contributed by atoms with Crippen molar-refractivity contribution in [3.05, 3.63) is 29.8 Å². The largest absolute Gasteiger partial charge is 0.493 e. The second-order valence-electron chi connectivity index (χ2n) is 6.96. The molecule has 3 rings (SSSR count). The van der Waals surface area contributed by atoms with Gasteiger partial charge in [-0.2, -0.15) is 0 Å². The van der Waals surface area contributed by atoms with Gasteiger partial charge in [0.25, 0.3) is 0 Å². The molecule has 2 N–H and O–H groups in total. The summed E-state index contributed by atoms with van der Waals surface area (Å²) in [5.41, 5.74) is 1.23. The molecule has 0 aliphatic carbocycles. The Kier molecular flexibility index (Phi) is 5.55. The quantitative estimate of drug-likeness (QED) is 0.878. The van der Waals surface area contributed by atoms with E-state index in [1.165, 1.54) is 18.4 Å². The predicted molar refractivity (Wildman–Crippen MR) is 91.7 cm³/mol. The van der Waals surface area contributed by atoms with Crippen molar-refractivity contribution in [2.24, 2.45) is 11.8 Å². The van der Waals surface area contributed by atoms with Gasteiger partial charge in [-0.05, 0) is 55.8 Å². The molecule has 0 spiro atoms. The molecule has 4 heteroatoms. The van der Waals surface area contributed by atoms with E-state index in [2.05, 4.69) is 23.6 Å². The van der Waals surface area contributed by atoms with Crippen LogP contribution >= 0.6 is 0 Å². The van der Waals surface area contributed by atoms with Crippen LogP contribution in [-0.2, 0) is 4.79 Å². The maximum Gasteiger partial charge on any atom is 0.220 e. The van der Waals surface area contributed by atoms with Crippen molar-refractivity contribution in [2.45, 2.75) is 38.5 Å². The molecule has 2 heterocycles. The van der Waals surface area contributed by atoms with E-state index in [1.54, 1.807) is 0 Å². The number of nitrogens with one attached hydrogen (secondary N) is 2. The fourth-order valence-electron chi connectivity index (χ4n) is 3.76. The average molecular weight is 316 g/mol. The molecule has 1 fully saturated rings. The number of hydrogen-bond acceptors (Lipinski definition) is 3. The Bertz CT molecular complexity index is 526. The van der Waals surface area contributed by atoms with Crippen LogP contribution in [0.3, 0.4) is 0 Å². The summed E-state index contributed by atoms with van der Waals surface area (Å²) in [6, 6.07) is 8.17. The van der Waals surface area contributed by atoms with Crippen LogP contribution in [0.25, 0.3) is 0 Å². The molecule has 1 amide bonds. The van der Waals surface area contributed by atoms with Crippen molar-refractivity contribution in [2.75, 3.05) is 26.2 Å². The Labute approximate surface area is 139 Å². The Morgan fingerprint density at radius 3 is 3.09 bits per heavy atom. The highest BCUT2D eigenvalue weighted by Gasteiger charge is 2.24. The third-order valence-electron chi connectivity index (χ3n) is 5.28. The molecule has 126 valence electrons. The van der Waals surface area contributed by atoms with Gasteiger partial charge in [0.05, 0.1) is 6.61 Å². The number of rotatable bonds is 5. The first-order valence-electron chi connectivity index (χ1n) is 8.93. The zero-order chi connectivity index (χ0) is 16.1. The number of ether oxygens (including phenoxy) is 1. The fourth-order valence-corrected chi connectivity index (χ4v) is 3.76. The third-order valence-corrected chi connectivity index (χ3v) is 5.28. The van der Waals surface area contributed by atoms with Crippen molar-refractivity contribution < 1.29 is 9.53 Å². The van der Waals surface area contributed by atoms with Crippen LogP contribution < -0.4 is 15.4 Å². The Balaban J connectivity index is 1.48. The number of piperidine rings is 1. The Morgan fingerprint density at radius 1 is 1.39 bits per heavy atom. The van der Waals surface area contributed by atoms with E-state index in [9.17, 15) is 4.79 Å². The highest BCUT2D eigenvalue weighted by molar-refractivity contribution is 5.76. The van der Waals surface area contributed by atoms with Crippen LogP contribution in [0.5, 0.6) is 5.75 Å².